The van der Waals surface area contributed by atoms with Crippen molar-refractivity contribution >= 4 is 11.6 Å². The van der Waals surface area contributed by atoms with Gasteiger partial charge in [-0.25, -0.2) is 24.3 Å². The Hall–Kier alpha value is -0.127. The normalized spacial score (nSPS) is 8.15. The summed E-state index contributed by atoms with van der Waals surface area (Å²) in [6.07, 6.45) is 0. The molecule has 0 aliphatic rings. The summed E-state index contributed by atoms with van der Waals surface area (Å²) in [6, 6.07) is 15.8. The third kappa shape index (κ3) is 5.23. The molecule has 0 saturated carbocycles. The van der Waals surface area contributed by atoms with Crippen LogP contribution in [0.3, 0.4) is 0 Å². The van der Waals surface area contributed by atoms with Crippen LogP contribution < -0.4 is 0 Å². The second-order valence-electron chi connectivity index (χ2n) is 2.52. The van der Waals surface area contributed by atoms with Crippen molar-refractivity contribution in [3.8, 4) is 0 Å². The van der Waals surface area contributed by atoms with Crippen LogP contribution in [0.4, 0.5) is 0 Å². The summed E-state index contributed by atoms with van der Waals surface area (Å²) in [7, 11) is 0. The van der Waals surface area contributed by atoms with Gasteiger partial charge < -0.3 is 0 Å². The third-order valence-electron chi connectivity index (χ3n) is 1.52. The average molecular weight is 270 g/mol. The molecule has 2 aromatic carbocycles. The number of hydrogen-bond acceptors (Lipinski definition) is 0. The molecule has 0 unspecified atom stereocenters. The molecule has 2 rings (SSSR count). The number of halogens is 1. The molecule has 2 aromatic rings. The summed E-state index contributed by atoms with van der Waals surface area (Å²) in [5.41, 5.74) is 1.15. The van der Waals surface area contributed by atoms with Crippen molar-refractivity contribution in [2.24, 2.45) is 0 Å². The molecule has 0 fully saturated rings. The van der Waals surface area contributed by atoms with E-state index in [9.17, 15) is 0 Å². The second kappa shape index (κ2) is 7.29. The van der Waals surface area contributed by atoms with Crippen molar-refractivity contribution in [1.82, 2.24) is 0 Å². The molecular weight excluding hydrogens is 259 g/mol. The summed E-state index contributed by atoms with van der Waals surface area (Å²) in [6.45, 7) is 1.99. The van der Waals surface area contributed by atoms with E-state index in [1.54, 1.807) is 0 Å². The van der Waals surface area contributed by atoms with Crippen LogP contribution in [0.25, 0.3) is 0 Å². The van der Waals surface area contributed by atoms with Crippen LogP contribution in [0, 0.1) is 6.92 Å². The molecule has 0 atom stereocenters. The van der Waals surface area contributed by atoms with Crippen molar-refractivity contribution < 1.29 is 26.2 Å². The Balaban J connectivity index is 0.000000215. The summed E-state index contributed by atoms with van der Waals surface area (Å²) < 4.78 is 0. The van der Waals surface area contributed by atoms with Gasteiger partial charge in [-0.3, -0.25) is 0 Å². The zero-order valence-electron chi connectivity index (χ0n) is 7.50. The first kappa shape index (κ1) is 12.9. The molecule has 0 nitrogen and oxygen atoms in total. The van der Waals surface area contributed by atoms with Gasteiger partial charge in [-0.05, 0) is 0 Å². The van der Waals surface area contributed by atoms with Crippen LogP contribution in [-0.2, 0) is 26.2 Å². The topological polar surface area (TPSA) is 0 Å². The molecule has 0 saturated heterocycles. The molecule has 0 spiro atoms. The van der Waals surface area contributed by atoms with E-state index in [4.69, 9.17) is 11.6 Å². The number of rotatable bonds is 0. The maximum absolute atomic E-state index is 5.62. The Kier molecular flexibility index (Phi) is 7.22. The maximum atomic E-state index is 5.62. The van der Waals surface area contributed by atoms with E-state index in [1.807, 2.05) is 55.5 Å². The number of hydrogen-bond donors (Lipinski definition) is 0. The van der Waals surface area contributed by atoms with Crippen molar-refractivity contribution in [2.75, 3.05) is 0 Å². The van der Waals surface area contributed by atoms with Gasteiger partial charge in [-0.1, -0.05) is 11.9 Å². The molecule has 0 N–H and O–H groups in total. The van der Waals surface area contributed by atoms with E-state index in [0.29, 0.717) is 0 Å². The summed E-state index contributed by atoms with van der Waals surface area (Å²) in [5.74, 6) is 0. The van der Waals surface area contributed by atoms with Crippen molar-refractivity contribution in [3.05, 3.63) is 59.1 Å². The van der Waals surface area contributed by atoms with E-state index in [1.165, 1.54) is 0 Å². The van der Waals surface area contributed by atoms with E-state index < -0.39 is 0 Å². The molecular formula is C11H11ClZr. The Bertz CT molecular complexity index is 262. The first-order valence-electron chi connectivity index (χ1n) is 3.85. The van der Waals surface area contributed by atoms with E-state index >= 15 is 0 Å². The predicted molar refractivity (Wildman–Crippen MR) is 53.8 cm³/mol. The Labute approximate surface area is 103 Å². The largest absolute Gasteiger partial charge is 2.00 e. The van der Waals surface area contributed by atoms with Crippen LogP contribution in [0.15, 0.2) is 48.5 Å². The fourth-order valence-corrected chi connectivity index (χ4v) is 0.944. The minimum absolute atomic E-state index is 0. The monoisotopic (exact) mass is 268 g/mol. The van der Waals surface area contributed by atoms with E-state index in [-0.39, 0.29) is 26.2 Å². The van der Waals surface area contributed by atoms with Gasteiger partial charge in [0.05, 0.1) is 0 Å². The van der Waals surface area contributed by atoms with Gasteiger partial charge >= 0.3 is 26.2 Å². The zero-order chi connectivity index (χ0) is 8.81. The fourth-order valence-electron chi connectivity index (χ4n) is 0.809. The predicted octanol–water partition coefficient (Wildman–Crippen LogP) is 3.77. The Morgan fingerprint density at radius 3 is 2.00 bits per heavy atom. The molecule has 13 heavy (non-hydrogen) atoms. The molecule has 0 heterocycles. The molecule has 0 bridgehead atoms. The second-order valence-corrected chi connectivity index (χ2v) is 2.93. The molecule has 0 radical (unpaired) electrons. The van der Waals surface area contributed by atoms with Gasteiger partial charge in [0, 0.05) is 0 Å². The van der Waals surface area contributed by atoms with Crippen LogP contribution in [0.5, 0.6) is 0 Å². The zero-order valence-corrected chi connectivity index (χ0v) is 10.7. The molecule has 0 aromatic heterocycles. The molecule has 2 heteroatoms. The molecule has 0 aliphatic carbocycles. The average Bonchev–Trinajstić information content (AvgIpc) is 2.67. The van der Waals surface area contributed by atoms with Crippen LogP contribution >= 0.6 is 11.6 Å². The molecule has 0 amide bonds. The Morgan fingerprint density at radius 1 is 1.23 bits per heavy atom. The van der Waals surface area contributed by atoms with Crippen LogP contribution in [0.2, 0.25) is 5.02 Å². The minimum Gasteiger partial charge on any atom is -0.214 e. The van der Waals surface area contributed by atoms with Crippen molar-refractivity contribution in [3.63, 3.8) is 0 Å². The number of aryl methyl sites for hydroxylation is 1. The molecule has 66 valence electrons. The van der Waals surface area contributed by atoms with Gasteiger partial charge in [0.15, 0.2) is 0 Å². The first-order valence-corrected chi connectivity index (χ1v) is 4.23. The van der Waals surface area contributed by atoms with Gasteiger partial charge in [0.25, 0.3) is 0 Å². The van der Waals surface area contributed by atoms with Crippen molar-refractivity contribution in [1.29, 1.82) is 0 Å². The van der Waals surface area contributed by atoms with Crippen molar-refractivity contribution in [2.45, 2.75) is 6.92 Å². The minimum atomic E-state index is 0. The standard InChI is InChI=1S/C6H6Cl.C5H5.Zr/c1-5-3-2-4-6(5)7;1-2-4-5-3-1;/h2-4H,1H3;1-5H;/q2*-1;+2. The smallest absolute Gasteiger partial charge is 0.214 e. The third-order valence-corrected chi connectivity index (χ3v) is 1.95. The van der Waals surface area contributed by atoms with Crippen LogP contribution in [0.1, 0.15) is 5.56 Å². The van der Waals surface area contributed by atoms with E-state index in [0.717, 1.165) is 10.6 Å². The van der Waals surface area contributed by atoms with Crippen LogP contribution in [-0.4, -0.2) is 0 Å². The fraction of sp³-hybridized carbons (Fsp3) is 0.0909. The van der Waals surface area contributed by atoms with Gasteiger partial charge in [-0.15, -0.1) is 0 Å². The van der Waals surface area contributed by atoms with E-state index in [2.05, 4.69) is 0 Å². The maximum Gasteiger partial charge on any atom is 2.00 e. The van der Waals surface area contributed by atoms with Gasteiger partial charge in [-0.2, -0.15) is 41.4 Å². The molecule has 0 aliphatic heterocycles. The quantitative estimate of drug-likeness (QED) is 0.639. The first-order chi connectivity index (χ1) is 5.80. The SMILES string of the molecule is Cc1ccc[c-]1Cl.[Zr+2].c1cc[cH-]c1. The summed E-state index contributed by atoms with van der Waals surface area (Å²) in [4.78, 5) is 0. The Morgan fingerprint density at radius 2 is 1.85 bits per heavy atom. The summed E-state index contributed by atoms with van der Waals surface area (Å²) in [5, 5.41) is 0.861. The summed E-state index contributed by atoms with van der Waals surface area (Å²) >= 11 is 5.62. The van der Waals surface area contributed by atoms with Gasteiger partial charge in [0.2, 0.25) is 0 Å². The van der Waals surface area contributed by atoms with Gasteiger partial charge in [0.1, 0.15) is 0 Å².